The minimum absolute atomic E-state index is 0.561. The number of benzene rings is 13. The molecule has 0 aromatic heterocycles. The predicted molar refractivity (Wildman–Crippen MR) is 324 cm³/mol. The first-order valence-corrected chi connectivity index (χ1v) is 26.6. The van der Waals surface area contributed by atoms with Crippen LogP contribution in [0.25, 0.3) is 66.1 Å². The zero-order valence-corrected chi connectivity index (χ0v) is 42.4. The highest BCUT2D eigenvalue weighted by atomic mass is 15.1. The zero-order chi connectivity index (χ0) is 51.1. The average molecular weight is 981 g/mol. The Morgan fingerprint density at radius 3 is 1.29 bits per heavy atom. The van der Waals surface area contributed by atoms with Crippen LogP contribution in [0.15, 0.2) is 315 Å². The lowest BCUT2D eigenvalue weighted by Crippen LogP contribution is -2.28. The van der Waals surface area contributed by atoms with E-state index in [-0.39, 0.29) is 0 Å². The molecule has 0 fully saturated rings. The standard InChI is InChI=1S/C75H52N2/c1-5-23-54(24-6-1)71-50-60-26-15-16-27-61(60)51-74(71)77(68-44-45-70-69-40-17-18-41-72(69)75(73(70)52-68,62-32-7-2-8-33-62)63-34-9-3-10-35-63)66-39-21-31-59(49-66)56-29-19-28-55(46-56)58-30-20-38-65(48-58)76(64-36-11-4-12-37-64)67-43-42-53-22-13-14-25-57(53)47-67/h1-52H. The van der Waals surface area contributed by atoms with Crippen LogP contribution in [0.4, 0.5) is 34.1 Å². The molecule has 0 atom stereocenters. The van der Waals surface area contributed by atoms with Gasteiger partial charge in [-0.1, -0.05) is 237 Å². The molecule has 0 amide bonds. The molecule has 362 valence electrons. The van der Waals surface area contributed by atoms with E-state index in [4.69, 9.17) is 0 Å². The van der Waals surface area contributed by atoms with E-state index >= 15 is 0 Å². The van der Waals surface area contributed by atoms with Crippen molar-refractivity contribution in [2.75, 3.05) is 9.80 Å². The van der Waals surface area contributed by atoms with E-state index < -0.39 is 5.41 Å². The third-order valence-electron chi connectivity index (χ3n) is 15.6. The first kappa shape index (κ1) is 45.6. The zero-order valence-electron chi connectivity index (χ0n) is 42.4. The van der Waals surface area contributed by atoms with Gasteiger partial charge in [0.05, 0.1) is 11.1 Å². The van der Waals surface area contributed by atoms with Crippen molar-refractivity contribution in [3.05, 3.63) is 338 Å². The van der Waals surface area contributed by atoms with Crippen LogP contribution in [0.5, 0.6) is 0 Å². The molecule has 0 aliphatic heterocycles. The Morgan fingerprint density at radius 2 is 0.636 bits per heavy atom. The van der Waals surface area contributed by atoms with Crippen molar-refractivity contribution in [1.29, 1.82) is 0 Å². The molecule has 0 heterocycles. The quantitative estimate of drug-likeness (QED) is 0.127. The highest BCUT2D eigenvalue weighted by molar-refractivity contribution is 6.00. The van der Waals surface area contributed by atoms with Gasteiger partial charge in [0.15, 0.2) is 0 Å². The van der Waals surface area contributed by atoms with Crippen molar-refractivity contribution in [2.24, 2.45) is 0 Å². The van der Waals surface area contributed by atoms with E-state index in [9.17, 15) is 0 Å². The molecule has 13 aromatic rings. The number of fused-ring (bicyclic) bond motifs is 5. The van der Waals surface area contributed by atoms with Crippen molar-refractivity contribution in [3.63, 3.8) is 0 Å². The second-order valence-corrected chi connectivity index (χ2v) is 20.1. The molecule has 2 heteroatoms. The summed E-state index contributed by atoms with van der Waals surface area (Å²) in [4.78, 5) is 4.86. The lowest BCUT2D eigenvalue weighted by Gasteiger charge is -2.35. The van der Waals surface area contributed by atoms with Gasteiger partial charge in [-0.05, 0) is 162 Å². The third-order valence-corrected chi connectivity index (χ3v) is 15.6. The van der Waals surface area contributed by atoms with Gasteiger partial charge >= 0.3 is 0 Å². The van der Waals surface area contributed by atoms with Crippen LogP contribution in [-0.2, 0) is 5.41 Å². The molecule has 13 aromatic carbocycles. The SMILES string of the molecule is c1ccc(-c2cc3ccccc3cc2N(c2cccc(-c3cccc(-c4cccc(N(c5ccccc5)c5ccc6ccccc6c5)c4)c3)c2)c2ccc3c(c2)C(c2ccccc2)(c2ccccc2)c2ccccc2-3)cc1. The first-order chi connectivity index (χ1) is 38.2. The molecular formula is C75H52N2. The monoisotopic (exact) mass is 980 g/mol. The Kier molecular flexibility index (Phi) is 11.5. The van der Waals surface area contributed by atoms with Gasteiger partial charge in [0.2, 0.25) is 0 Å². The van der Waals surface area contributed by atoms with Crippen LogP contribution in [0, 0.1) is 0 Å². The topological polar surface area (TPSA) is 6.48 Å². The number of anilines is 6. The van der Waals surface area contributed by atoms with Gasteiger partial charge in [0, 0.05) is 34.0 Å². The maximum Gasteiger partial charge on any atom is 0.0714 e. The number of nitrogens with zero attached hydrogens (tertiary/aromatic N) is 2. The summed E-state index contributed by atoms with van der Waals surface area (Å²) in [6.07, 6.45) is 0. The van der Waals surface area contributed by atoms with Crippen LogP contribution in [-0.4, -0.2) is 0 Å². The van der Waals surface area contributed by atoms with Gasteiger partial charge in [0.1, 0.15) is 0 Å². The highest BCUT2D eigenvalue weighted by Crippen LogP contribution is 2.58. The summed E-state index contributed by atoms with van der Waals surface area (Å²) < 4.78 is 0. The maximum atomic E-state index is 2.50. The summed E-state index contributed by atoms with van der Waals surface area (Å²) in [6.45, 7) is 0. The van der Waals surface area contributed by atoms with E-state index in [1.54, 1.807) is 0 Å². The van der Waals surface area contributed by atoms with Crippen molar-refractivity contribution in [3.8, 4) is 44.5 Å². The fourth-order valence-corrected chi connectivity index (χ4v) is 12.1. The van der Waals surface area contributed by atoms with Crippen LogP contribution in [0.1, 0.15) is 22.3 Å². The summed E-state index contributed by atoms with van der Waals surface area (Å²) >= 11 is 0. The first-order valence-electron chi connectivity index (χ1n) is 26.6. The molecule has 0 saturated carbocycles. The smallest absolute Gasteiger partial charge is 0.0714 e. The van der Waals surface area contributed by atoms with Gasteiger partial charge in [-0.15, -0.1) is 0 Å². The predicted octanol–water partition coefficient (Wildman–Crippen LogP) is 20.3. The van der Waals surface area contributed by atoms with Crippen LogP contribution in [0.3, 0.4) is 0 Å². The van der Waals surface area contributed by atoms with Gasteiger partial charge in [-0.2, -0.15) is 0 Å². The molecule has 1 aliphatic carbocycles. The minimum atomic E-state index is -0.561. The fraction of sp³-hybridized carbons (Fsp3) is 0.0133. The normalized spacial score (nSPS) is 12.3. The molecule has 0 unspecified atom stereocenters. The molecule has 0 bridgehead atoms. The molecule has 0 N–H and O–H groups in total. The summed E-state index contributed by atoms with van der Waals surface area (Å²) in [5.74, 6) is 0. The summed E-state index contributed by atoms with van der Waals surface area (Å²) in [6, 6.07) is 116. The molecule has 14 rings (SSSR count). The molecule has 0 spiro atoms. The second-order valence-electron chi connectivity index (χ2n) is 20.1. The van der Waals surface area contributed by atoms with E-state index in [0.29, 0.717) is 0 Å². The lowest BCUT2D eigenvalue weighted by atomic mass is 9.67. The molecule has 1 aliphatic rings. The number of hydrogen-bond donors (Lipinski definition) is 0. The minimum Gasteiger partial charge on any atom is -0.310 e. The molecule has 2 nitrogen and oxygen atoms in total. The number of para-hydroxylation sites is 1. The average Bonchev–Trinajstić information content (AvgIpc) is 4.06. The molecule has 0 saturated heterocycles. The fourth-order valence-electron chi connectivity index (χ4n) is 12.1. The second kappa shape index (κ2) is 19.4. The Bertz CT molecular complexity index is 4240. The number of rotatable bonds is 11. The highest BCUT2D eigenvalue weighted by Gasteiger charge is 2.46. The Labute approximate surface area is 450 Å². The van der Waals surface area contributed by atoms with Crippen LogP contribution < -0.4 is 9.80 Å². The van der Waals surface area contributed by atoms with Gasteiger partial charge in [0.25, 0.3) is 0 Å². The number of hydrogen-bond acceptors (Lipinski definition) is 2. The summed E-state index contributed by atoms with van der Waals surface area (Å²) in [7, 11) is 0. The molecular weight excluding hydrogens is 929 g/mol. The van der Waals surface area contributed by atoms with Crippen LogP contribution >= 0.6 is 0 Å². The largest absolute Gasteiger partial charge is 0.310 e. The van der Waals surface area contributed by atoms with Crippen molar-refractivity contribution in [2.45, 2.75) is 5.41 Å². The van der Waals surface area contributed by atoms with Gasteiger partial charge in [-0.25, -0.2) is 0 Å². The summed E-state index contributed by atoms with van der Waals surface area (Å²) in [5.41, 5.74) is 20.4. The van der Waals surface area contributed by atoms with E-state index in [0.717, 1.165) is 67.5 Å². The Balaban J connectivity index is 0.935. The van der Waals surface area contributed by atoms with Crippen molar-refractivity contribution < 1.29 is 0 Å². The van der Waals surface area contributed by atoms with E-state index in [1.807, 2.05) is 0 Å². The van der Waals surface area contributed by atoms with Gasteiger partial charge in [-0.3, -0.25) is 0 Å². The molecule has 0 radical (unpaired) electrons. The summed E-state index contributed by atoms with van der Waals surface area (Å²) in [5, 5.41) is 4.82. The van der Waals surface area contributed by atoms with Crippen molar-refractivity contribution >= 4 is 55.7 Å². The Hall–Kier alpha value is -10.0. The van der Waals surface area contributed by atoms with E-state index in [2.05, 4.69) is 325 Å². The lowest BCUT2D eigenvalue weighted by molar-refractivity contribution is 0.768. The van der Waals surface area contributed by atoms with Crippen LogP contribution in [0.2, 0.25) is 0 Å². The van der Waals surface area contributed by atoms with Gasteiger partial charge < -0.3 is 9.80 Å². The molecule has 77 heavy (non-hydrogen) atoms. The maximum absolute atomic E-state index is 2.50. The Morgan fingerprint density at radius 1 is 0.208 bits per heavy atom. The van der Waals surface area contributed by atoms with Crippen molar-refractivity contribution in [1.82, 2.24) is 0 Å². The van der Waals surface area contributed by atoms with E-state index in [1.165, 1.54) is 54.9 Å². The third kappa shape index (κ3) is 8.07.